The highest BCUT2D eigenvalue weighted by Gasteiger charge is 2.19. The van der Waals surface area contributed by atoms with Gasteiger partial charge in [-0.1, -0.05) is 24.3 Å². The number of rotatable bonds is 4. The van der Waals surface area contributed by atoms with E-state index in [1.165, 1.54) is 11.1 Å². The molecule has 1 aromatic heterocycles. The van der Waals surface area contributed by atoms with E-state index >= 15 is 0 Å². The van der Waals surface area contributed by atoms with E-state index in [4.69, 9.17) is 4.42 Å². The van der Waals surface area contributed by atoms with Gasteiger partial charge in [-0.2, -0.15) is 0 Å². The predicted molar refractivity (Wildman–Crippen MR) is 92.5 cm³/mol. The quantitative estimate of drug-likeness (QED) is 0.660. The van der Waals surface area contributed by atoms with Gasteiger partial charge in [0.05, 0.1) is 19.4 Å². The van der Waals surface area contributed by atoms with Gasteiger partial charge in [-0.05, 0) is 29.7 Å². The van der Waals surface area contributed by atoms with Crippen LogP contribution in [0.25, 0.3) is 0 Å². The second kappa shape index (κ2) is 7.68. The molecule has 2 heterocycles. The van der Waals surface area contributed by atoms with Crippen LogP contribution in [0.2, 0.25) is 0 Å². The molecular weight excluding hydrogens is 304 g/mol. The third-order valence-electron chi connectivity index (χ3n) is 4.09. The molecule has 0 spiro atoms. The van der Waals surface area contributed by atoms with Crippen LogP contribution in [-0.2, 0) is 24.3 Å². The van der Waals surface area contributed by atoms with Crippen LogP contribution in [0, 0.1) is 0 Å². The fourth-order valence-electron chi connectivity index (χ4n) is 2.83. The number of fused-ring (bicyclic) bond motifs is 1. The largest absolute Gasteiger partial charge is 0.467 e. The molecule has 0 unspecified atom stereocenters. The van der Waals surface area contributed by atoms with Gasteiger partial charge in [0.1, 0.15) is 5.76 Å². The lowest BCUT2D eigenvalue weighted by Gasteiger charge is -2.31. The van der Waals surface area contributed by atoms with Crippen molar-refractivity contribution in [3.8, 4) is 0 Å². The minimum Gasteiger partial charge on any atom is -0.467 e. The molecule has 3 rings (SSSR count). The fraction of sp³-hybridized carbons (Fsp3) is 0.333. The summed E-state index contributed by atoms with van der Waals surface area (Å²) in [6.07, 6.45) is 2.58. The van der Waals surface area contributed by atoms with E-state index in [9.17, 15) is 4.79 Å². The molecular formula is C18H22N4O2. The van der Waals surface area contributed by atoms with E-state index in [0.29, 0.717) is 6.54 Å². The molecule has 0 saturated heterocycles. The first-order chi connectivity index (χ1) is 11.8. The zero-order valence-electron chi connectivity index (χ0n) is 13.8. The molecule has 0 atom stereocenters. The maximum absolute atomic E-state index is 12.0. The number of guanidine groups is 1. The highest BCUT2D eigenvalue weighted by molar-refractivity contribution is 5.86. The van der Waals surface area contributed by atoms with Crippen molar-refractivity contribution >= 4 is 11.9 Å². The van der Waals surface area contributed by atoms with Gasteiger partial charge in [-0.3, -0.25) is 9.79 Å². The van der Waals surface area contributed by atoms with E-state index in [1.54, 1.807) is 19.4 Å². The first-order valence-corrected chi connectivity index (χ1v) is 8.07. The predicted octanol–water partition coefficient (Wildman–Crippen LogP) is 1.53. The first kappa shape index (κ1) is 16.1. The van der Waals surface area contributed by atoms with Crippen LogP contribution in [0.4, 0.5) is 0 Å². The number of aliphatic imine (C=N–C) groups is 1. The molecule has 2 aromatic rings. The fourth-order valence-corrected chi connectivity index (χ4v) is 2.83. The third-order valence-corrected chi connectivity index (χ3v) is 4.09. The number of carbonyl (C=O) groups is 1. The topological polar surface area (TPSA) is 69.9 Å². The lowest BCUT2D eigenvalue weighted by atomic mass is 10.0. The SMILES string of the molecule is CN=C(NCC(=O)NCc1ccco1)N1CCc2ccccc2C1. The Labute approximate surface area is 141 Å². The van der Waals surface area contributed by atoms with Gasteiger partial charge in [0, 0.05) is 20.1 Å². The molecule has 1 aromatic carbocycles. The molecule has 24 heavy (non-hydrogen) atoms. The summed E-state index contributed by atoms with van der Waals surface area (Å²) in [4.78, 5) is 18.4. The molecule has 0 saturated carbocycles. The zero-order valence-corrected chi connectivity index (χ0v) is 13.8. The lowest BCUT2D eigenvalue weighted by molar-refractivity contribution is -0.120. The Balaban J connectivity index is 1.49. The van der Waals surface area contributed by atoms with Crippen LogP contribution in [0.15, 0.2) is 52.1 Å². The highest BCUT2D eigenvalue weighted by atomic mass is 16.3. The second-order valence-corrected chi connectivity index (χ2v) is 5.70. The number of hydrogen-bond donors (Lipinski definition) is 2. The van der Waals surface area contributed by atoms with Crippen molar-refractivity contribution in [2.24, 2.45) is 4.99 Å². The number of nitrogens with zero attached hydrogens (tertiary/aromatic N) is 2. The summed E-state index contributed by atoms with van der Waals surface area (Å²) in [5, 5.41) is 5.95. The van der Waals surface area contributed by atoms with Gasteiger partial charge >= 0.3 is 0 Å². The van der Waals surface area contributed by atoms with Crippen LogP contribution in [-0.4, -0.2) is 36.9 Å². The van der Waals surface area contributed by atoms with E-state index in [1.807, 2.05) is 6.07 Å². The van der Waals surface area contributed by atoms with Crippen molar-refractivity contribution in [2.75, 3.05) is 20.1 Å². The number of furan rings is 1. The summed E-state index contributed by atoms with van der Waals surface area (Å²) in [6.45, 7) is 2.28. The summed E-state index contributed by atoms with van der Waals surface area (Å²) in [5.74, 6) is 1.39. The summed E-state index contributed by atoms with van der Waals surface area (Å²) in [7, 11) is 1.74. The molecule has 1 amide bonds. The number of hydrogen-bond acceptors (Lipinski definition) is 3. The Kier molecular flexibility index (Phi) is 5.15. The molecule has 2 N–H and O–H groups in total. The second-order valence-electron chi connectivity index (χ2n) is 5.70. The molecule has 1 aliphatic rings. The minimum absolute atomic E-state index is 0.0926. The van der Waals surface area contributed by atoms with E-state index in [-0.39, 0.29) is 12.5 Å². The van der Waals surface area contributed by atoms with E-state index in [2.05, 4.69) is 44.8 Å². The maximum atomic E-state index is 12.0. The maximum Gasteiger partial charge on any atom is 0.239 e. The Morgan fingerprint density at radius 3 is 2.79 bits per heavy atom. The van der Waals surface area contributed by atoms with Gasteiger partial charge in [-0.25, -0.2) is 0 Å². The van der Waals surface area contributed by atoms with Crippen molar-refractivity contribution in [3.63, 3.8) is 0 Å². The third kappa shape index (κ3) is 3.95. The van der Waals surface area contributed by atoms with E-state index < -0.39 is 0 Å². The molecule has 0 radical (unpaired) electrons. The molecule has 1 aliphatic heterocycles. The van der Waals surface area contributed by atoms with Crippen molar-refractivity contribution < 1.29 is 9.21 Å². The molecule has 6 nitrogen and oxygen atoms in total. The molecule has 0 aliphatic carbocycles. The number of benzene rings is 1. The average Bonchev–Trinajstić information content (AvgIpc) is 3.14. The van der Waals surface area contributed by atoms with Gasteiger partial charge < -0.3 is 20.0 Å². The van der Waals surface area contributed by atoms with Crippen molar-refractivity contribution in [3.05, 3.63) is 59.5 Å². The van der Waals surface area contributed by atoms with Gasteiger partial charge in [-0.15, -0.1) is 0 Å². The molecule has 0 bridgehead atoms. The first-order valence-electron chi connectivity index (χ1n) is 8.07. The molecule has 6 heteroatoms. The van der Waals surface area contributed by atoms with Gasteiger partial charge in [0.15, 0.2) is 5.96 Å². The number of nitrogens with one attached hydrogen (secondary N) is 2. The molecule has 126 valence electrons. The number of carbonyl (C=O) groups excluding carboxylic acids is 1. The zero-order chi connectivity index (χ0) is 16.8. The summed E-state index contributed by atoms with van der Waals surface area (Å²) < 4.78 is 5.19. The van der Waals surface area contributed by atoms with Crippen LogP contribution in [0.1, 0.15) is 16.9 Å². The minimum atomic E-state index is -0.0926. The monoisotopic (exact) mass is 326 g/mol. The van der Waals surface area contributed by atoms with Crippen molar-refractivity contribution in [1.82, 2.24) is 15.5 Å². The van der Waals surface area contributed by atoms with Gasteiger partial charge in [0.2, 0.25) is 5.91 Å². The van der Waals surface area contributed by atoms with Gasteiger partial charge in [0.25, 0.3) is 0 Å². The van der Waals surface area contributed by atoms with Crippen LogP contribution in [0.5, 0.6) is 0 Å². The highest BCUT2D eigenvalue weighted by Crippen LogP contribution is 2.18. The molecule has 0 fully saturated rings. The van der Waals surface area contributed by atoms with Crippen molar-refractivity contribution in [2.45, 2.75) is 19.5 Å². The van der Waals surface area contributed by atoms with Crippen molar-refractivity contribution in [1.29, 1.82) is 0 Å². The van der Waals surface area contributed by atoms with Crippen LogP contribution in [0.3, 0.4) is 0 Å². The Morgan fingerprint density at radius 1 is 1.21 bits per heavy atom. The van der Waals surface area contributed by atoms with E-state index in [0.717, 1.165) is 31.2 Å². The standard InChI is InChI=1S/C18H22N4O2/c1-19-18(21-12-17(23)20-11-16-7-4-10-24-16)22-9-8-14-5-2-3-6-15(14)13-22/h2-7,10H,8-9,11-13H2,1H3,(H,19,21)(H,20,23). The normalized spacial score (nSPS) is 14.2. The van der Waals surface area contributed by atoms with Crippen LogP contribution < -0.4 is 10.6 Å². The number of amides is 1. The lowest BCUT2D eigenvalue weighted by Crippen LogP contribution is -2.47. The van der Waals surface area contributed by atoms with Crippen LogP contribution >= 0.6 is 0 Å². The Hall–Kier alpha value is -2.76. The summed E-state index contributed by atoms with van der Waals surface area (Å²) >= 11 is 0. The Morgan fingerprint density at radius 2 is 2.04 bits per heavy atom. The summed E-state index contributed by atoms with van der Waals surface area (Å²) in [5.41, 5.74) is 2.70. The smallest absolute Gasteiger partial charge is 0.239 e. The average molecular weight is 326 g/mol. The Bertz CT molecular complexity index is 710. The summed E-state index contributed by atoms with van der Waals surface area (Å²) in [6, 6.07) is 12.1.